The lowest BCUT2D eigenvalue weighted by Crippen LogP contribution is -2.47. The van der Waals surface area contributed by atoms with Gasteiger partial charge >= 0.3 is 0 Å². The average Bonchev–Trinajstić information content (AvgIpc) is 3.35. The summed E-state index contributed by atoms with van der Waals surface area (Å²) in [6.07, 6.45) is 5.16. The summed E-state index contributed by atoms with van der Waals surface area (Å²) >= 11 is 4.21. The Morgan fingerprint density at radius 3 is 1.34 bits per heavy atom. The van der Waals surface area contributed by atoms with E-state index in [9.17, 15) is 0 Å². The van der Waals surface area contributed by atoms with Gasteiger partial charge in [-0.3, -0.25) is 0 Å². The zero-order valence-corrected chi connectivity index (χ0v) is 29.5. The average molecular weight is 569 g/mol. The van der Waals surface area contributed by atoms with E-state index in [-0.39, 0.29) is 5.41 Å². The molecule has 0 bridgehead atoms. The lowest BCUT2D eigenvalue weighted by atomic mass is 9.62. The molecule has 0 saturated heterocycles. The molecule has 6 atom stereocenters. The topological polar surface area (TPSA) is 0 Å². The van der Waals surface area contributed by atoms with Crippen LogP contribution in [0.15, 0.2) is 22.0 Å². The smallest absolute Gasteiger partial charge is 0.130 e. The Kier molecular flexibility index (Phi) is 10.3. The minimum absolute atomic E-state index is 0.0505. The molecule has 0 spiro atoms. The molecule has 38 heavy (non-hydrogen) atoms. The van der Waals surface area contributed by atoms with E-state index in [4.69, 9.17) is 0 Å². The van der Waals surface area contributed by atoms with E-state index in [0.29, 0.717) is 68.5 Å². The van der Waals surface area contributed by atoms with Gasteiger partial charge in [0.05, 0.1) is 0 Å². The van der Waals surface area contributed by atoms with Crippen LogP contribution >= 0.6 is 23.5 Å². The molecule has 0 amide bonds. The van der Waals surface area contributed by atoms with E-state index in [1.165, 1.54) is 9.81 Å². The Bertz CT molecular complexity index is 908. The summed E-state index contributed by atoms with van der Waals surface area (Å²) in [7, 11) is -1.77. The summed E-state index contributed by atoms with van der Waals surface area (Å²) in [5.74, 6) is 15.6. The van der Waals surface area contributed by atoms with Gasteiger partial charge in [-0.1, -0.05) is 107 Å². The molecule has 3 aliphatic rings. The minimum atomic E-state index is -1.77. The van der Waals surface area contributed by atoms with Crippen molar-refractivity contribution in [1.29, 1.82) is 0 Å². The fourth-order valence-corrected chi connectivity index (χ4v) is 16.9. The number of rotatable bonds is 6. The molecular weight excluding hydrogens is 513 g/mol. The van der Waals surface area contributed by atoms with Gasteiger partial charge < -0.3 is 0 Å². The maximum absolute atomic E-state index is 4.15. The van der Waals surface area contributed by atoms with Gasteiger partial charge in [0.25, 0.3) is 0 Å². The highest BCUT2D eigenvalue weighted by molar-refractivity contribution is 8.04. The van der Waals surface area contributed by atoms with Gasteiger partial charge in [-0.05, 0) is 58.0 Å². The molecule has 1 fully saturated rings. The van der Waals surface area contributed by atoms with Crippen molar-refractivity contribution in [2.24, 2.45) is 46.8 Å². The summed E-state index contributed by atoms with van der Waals surface area (Å²) in [6.45, 7) is 33.6. The predicted octanol–water partition coefficient (Wildman–Crippen LogP) is 10.7. The van der Waals surface area contributed by atoms with Crippen LogP contribution in [0, 0.1) is 70.1 Å². The van der Waals surface area contributed by atoms with Gasteiger partial charge in [-0.15, -0.1) is 35.0 Å². The summed E-state index contributed by atoms with van der Waals surface area (Å²) in [5, 5.41) is 1.04. The summed E-state index contributed by atoms with van der Waals surface area (Å²) in [4.78, 5) is 2.96. The molecule has 212 valence electrons. The second-order valence-electron chi connectivity index (χ2n) is 14.3. The maximum atomic E-state index is 4.15. The number of hydrogen-bond acceptors (Lipinski definition) is 2. The van der Waals surface area contributed by atoms with Crippen molar-refractivity contribution in [2.75, 3.05) is 0 Å². The van der Waals surface area contributed by atoms with Gasteiger partial charge in [0, 0.05) is 39.6 Å². The number of allylic oxidation sites excluding steroid dienone is 4. The third-order valence-corrected chi connectivity index (χ3v) is 19.5. The van der Waals surface area contributed by atoms with Gasteiger partial charge in [-0.25, -0.2) is 0 Å². The minimum Gasteiger partial charge on any atom is -0.130 e. The molecule has 0 aromatic rings. The molecule has 0 aromatic heterocycles. The van der Waals surface area contributed by atoms with Crippen molar-refractivity contribution < 1.29 is 0 Å². The van der Waals surface area contributed by atoms with Gasteiger partial charge in [0.2, 0.25) is 0 Å². The first-order chi connectivity index (χ1) is 17.6. The second kappa shape index (κ2) is 12.2. The highest BCUT2D eigenvalue weighted by Gasteiger charge is 2.53. The van der Waals surface area contributed by atoms with Crippen LogP contribution in [0.4, 0.5) is 0 Å². The predicted molar refractivity (Wildman–Crippen MR) is 178 cm³/mol. The maximum Gasteiger partial charge on any atom is 0.145 e. The van der Waals surface area contributed by atoms with Crippen molar-refractivity contribution in [3.63, 3.8) is 0 Å². The van der Waals surface area contributed by atoms with Crippen LogP contribution in [0.25, 0.3) is 0 Å². The summed E-state index contributed by atoms with van der Waals surface area (Å²) in [6, 6.07) is 0. The van der Waals surface area contributed by atoms with Crippen LogP contribution in [-0.2, 0) is 0 Å². The first-order valence-electron chi connectivity index (χ1n) is 15.4. The highest BCUT2D eigenvalue weighted by Crippen LogP contribution is 2.58. The Morgan fingerprint density at radius 1 is 0.632 bits per heavy atom. The molecule has 1 saturated carbocycles. The van der Waals surface area contributed by atoms with Crippen LogP contribution in [0.1, 0.15) is 96.9 Å². The Hall–Kier alpha value is -0.483. The number of hydrogen-bond donors (Lipinski definition) is 0. The van der Waals surface area contributed by atoms with E-state index in [0.717, 1.165) is 0 Å². The van der Waals surface area contributed by atoms with Crippen molar-refractivity contribution in [1.82, 2.24) is 0 Å². The SMILES string of the molecule is CC1=CC2C(C#C[Si](C(C)C)(C(C)C)C(C)C)C3SC(C)=CC3C(C#CC(C(C)C)(C(C)C)C(C)C)C2S1. The zero-order valence-electron chi connectivity index (χ0n) is 26.9. The van der Waals surface area contributed by atoms with Crippen LogP contribution in [-0.4, -0.2) is 18.6 Å². The molecule has 2 aliphatic heterocycles. The molecule has 2 heterocycles. The first-order valence-corrected chi connectivity index (χ1v) is 19.4. The highest BCUT2D eigenvalue weighted by atomic mass is 32.2. The van der Waals surface area contributed by atoms with Crippen molar-refractivity contribution in [2.45, 2.75) is 124 Å². The summed E-state index contributed by atoms with van der Waals surface area (Å²) < 4.78 is 0. The Balaban J connectivity index is 2.13. The fraction of sp³-hybridized carbons (Fsp3) is 0.771. The van der Waals surface area contributed by atoms with E-state index in [1.54, 1.807) is 0 Å². The monoisotopic (exact) mass is 568 g/mol. The molecule has 0 nitrogen and oxygen atoms in total. The van der Waals surface area contributed by atoms with Crippen molar-refractivity contribution >= 4 is 31.6 Å². The zero-order chi connectivity index (χ0) is 28.7. The standard InChI is InChI=1S/C35H56S2Si/c1-21(2)35(22(3)4,23(5)6)17-15-29-31-19-27(13)37-34(31)30(32-20-28(14)36-33(29)32)16-18-38(24(7)8,25(9)10)26(11)12/h19-26,29-34H,1-14H3. The third kappa shape index (κ3) is 5.52. The molecule has 0 radical (unpaired) electrons. The van der Waals surface area contributed by atoms with Gasteiger partial charge in [-0.2, -0.15) is 0 Å². The molecule has 3 heteroatoms. The van der Waals surface area contributed by atoms with Crippen molar-refractivity contribution in [3.8, 4) is 23.3 Å². The molecule has 0 N–H and O–H groups in total. The normalized spacial score (nSPS) is 29.4. The van der Waals surface area contributed by atoms with Gasteiger partial charge in [0.15, 0.2) is 0 Å². The third-order valence-electron chi connectivity index (χ3n) is 10.4. The number of thioether (sulfide) groups is 2. The van der Waals surface area contributed by atoms with Gasteiger partial charge in [0.1, 0.15) is 8.07 Å². The Morgan fingerprint density at radius 2 is 1.00 bits per heavy atom. The van der Waals surface area contributed by atoms with Crippen LogP contribution in [0.3, 0.4) is 0 Å². The molecule has 6 unspecified atom stereocenters. The quantitative estimate of drug-likeness (QED) is 0.231. The van der Waals surface area contributed by atoms with Crippen LogP contribution in [0.2, 0.25) is 16.6 Å². The van der Waals surface area contributed by atoms with E-state index in [2.05, 4.69) is 156 Å². The Labute approximate surface area is 246 Å². The van der Waals surface area contributed by atoms with Crippen LogP contribution < -0.4 is 0 Å². The lowest BCUT2D eigenvalue weighted by molar-refractivity contribution is 0.122. The molecular formula is C35H56S2Si. The second-order valence-corrected chi connectivity index (χ2v) is 22.7. The lowest BCUT2D eigenvalue weighted by Gasteiger charge is -2.44. The largest absolute Gasteiger partial charge is 0.145 e. The first kappa shape index (κ1) is 32.0. The van der Waals surface area contributed by atoms with Crippen LogP contribution in [0.5, 0.6) is 0 Å². The molecule has 1 aliphatic carbocycles. The van der Waals surface area contributed by atoms with E-state index >= 15 is 0 Å². The van der Waals surface area contributed by atoms with E-state index in [1.807, 2.05) is 0 Å². The van der Waals surface area contributed by atoms with Crippen molar-refractivity contribution in [3.05, 3.63) is 22.0 Å². The number of fused-ring (bicyclic) bond motifs is 2. The van der Waals surface area contributed by atoms with E-state index < -0.39 is 8.07 Å². The fourth-order valence-electron chi connectivity index (χ4n) is 8.72. The molecule has 0 aromatic carbocycles. The molecule has 3 rings (SSSR count). The summed E-state index contributed by atoms with van der Waals surface area (Å²) in [5.41, 5.74) is 6.22.